The van der Waals surface area contributed by atoms with Crippen LogP contribution >= 0.6 is 0 Å². The highest BCUT2D eigenvalue weighted by molar-refractivity contribution is 5.96. The van der Waals surface area contributed by atoms with Gasteiger partial charge in [-0.3, -0.25) is 4.79 Å². The Morgan fingerprint density at radius 1 is 1.16 bits per heavy atom. The number of nitrogens with one attached hydrogen (secondary N) is 1. The smallest absolute Gasteiger partial charge is 0.262 e. The van der Waals surface area contributed by atoms with Gasteiger partial charge in [0.1, 0.15) is 11.6 Å². The Labute approximate surface area is 144 Å². The second-order valence-corrected chi connectivity index (χ2v) is 6.06. The molecule has 0 fully saturated rings. The minimum Gasteiger partial charge on any atom is -0.482 e. The summed E-state index contributed by atoms with van der Waals surface area (Å²) in [5.41, 5.74) is 4.82. The summed E-state index contributed by atoms with van der Waals surface area (Å²) < 4.78 is 20.6. The monoisotopic (exact) mass is 337 g/mol. The first-order valence-electron chi connectivity index (χ1n) is 7.91. The van der Waals surface area contributed by atoms with Crippen LogP contribution in [-0.4, -0.2) is 22.3 Å². The molecule has 0 unspecified atom stereocenters. The molecule has 2 heterocycles. The van der Waals surface area contributed by atoms with E-state index < -0.39 is 0 Å². The number of ether oxygens (including phenoxy) is 1. The van der Waals surface area contributed by atoms with Gasteiger partial charge in [0.25, 0.3) is 5.91 Å². The number of carbonyl (C=O) groups is 1. The van der Waals surface area contributed by atoms with Crippen molar-refractivity contribution in [1.29, 1.82) is 0 Å². The third-order valence-corrected chi connectivity index (χ3v) is 4.13. The van der Waals surface area contributed by atoms with Crippen molar-refractivity contribution < 1.29 is 13.9 Å². The number of aryl methyl sites for hydroxylation is 2. The number of hydrogen-bond donors (Lipinski definition) is 1. The minimum atomic E-state index is -0.277. The molecule has 0 spiro atoms. The Bertz CT molecular complexity index is 994. The van der Waals surface area contributed by atoms with Crippen molar-refractivity contribution in [3.05, 3.63) is 59.5 Å². The molecule has 1 aliphatic rings. The zero-order valence-corrected chi connectivity index (χ0v) is 13.8. The maximum atomic E-state index is 13.4. The van der Waals surface area contributed by atoms with Gasteiger partial charge in [0.15, 0.2) is 6.61 Å². The molecule has 1 N–H and O–H groups in total. The van der Waals surface area contributed by atoms with E-state index in [0.717, 1.165) is 28.2 Å². The molecule has 0 radical (unpaired) electrons. The molecule has 4 rings (SSSR count). The van der Waals surface area contributed by atoms with Crippen molar-refractivity contribution >= 4 is 11.6 Å². The van der Waals surface area contributed by atoms with Crippen molar-refractivity contribution in [1.82, 2.24) is 9.78 Å². The molecule has 3 aromatic rings. The van der Waals surface area contributed by atoms with Gasteiger partial charge < -0.3 is 10.1 Å². The fourth-order valence-electron chi connectivity index (χ4n) is 2.99. The number of carbonyl (C=O) groups excluding carboxylic acids is 1. The minimum absolute atomic E-state index is 0.0260. The van der Waals surface area contributed by atoms with E-state index in [-0.39, 0.29) is 18.3 Å². The van der Waals surface area contributed by atoms with Crippen LogP contribution in [0, 0.1) is 19.7 Å². The van der Waals surface area contributed by atoms with Crippen LogP contribution in [0.4, 0.5) is 10.1 Å². The first-order valence-corrected chi connectivity index (χ1v) is 7.91. The van der Waals surface area contributed by atoms with Crippen LogP contribution in [0.5, 0.6) is 5.75 Å². The summed E-state index contributed by atoms with van der Waals surface area (Å²) in [5, 5.41) is 7.36. The zero-order valence-electron chi connectivity index (χ0n) is 13.8. The van der Waals surface area contributed by atoms with E-state index in [1.54, 1.807) is 10.7 Å². The Balaban J connectivity index is 1.84. The second kappa shape index (κ2) is 5.73. The SMILES string of the molecule is Cc1cc(-c2ccc3c(c2)NC(=O)CO3)n(-c2ccc(F)cc2C)n1. The molecule has 0 saturated heterocycles. The van der Waals surface area contributed by atoms with Crippen molar-refractivity contribution in [3.63, 3.8) is 0 Å². The number of halogens is 1. The highest BCUT2D eigenvalue weighted by Gasteiger charge is 2.18. The van der Waals surface area contributed by atoms with Gasteiger partial charge >= 0.3 is 0 Å². The van der Waals surface area contributed by atoms with Gasteiger partial charge in [0.2, 0.25) is 0 Å². The number of amides is 1. The summed E-state index contributed by atoms with van der Waals surface area (Å²) in [5.74, 6) is 0.188. The average molecular weight is 337 g/mol. The van der Waals surface area contributed by atoms with Crippen molar-refractivity contribution in [2.75, 3.05) is 11.9 Å². The standard InChI is InChI=1S/C19H16FN3O2/c1-11-7-14(20)4-5-16(11)23-17(8-12(2)22-23)13-3-6-18-15(9-13)21-19(24)10-25-18/h3-9H,10H2,1-2H3,(H,21,24). The molecule has 0 bridgehead atoms. The molecular weight excluding hydrogens is 321 g/mol. The molecular formula is C19H16FN3O2. The fourth-order valence-corrected chi connectivity index (χ4v) is 2.99. The Hall–Kier alpha value is -3.15. The van der Waals surface area contributed by atoms with Gasteiger partial charge in [-0.1, -0.05) is 0 Å². The lowest BCUT2D eigenvalue weighted by molar-refractivity contribution is -0.118. The maximum absolute atomic E-state index is 13.4. The molecule has 5 nitrogen and oxygen atoms in total. The lowest BCUT2D eigenvalue weighted by Gasteiger charge is -2.19. The van der Waals surface area contributed by atoms with Crippen LogP contribution in [0.1, 0.15) is 11.3 Å². The van der Waals surface area contributed by atoms with Crippen molar-refractivity contribution in [2.24, 2.45) is 0 Å². The van der Waals surface area contributed by atoms with E-state index in [1.807, 2.05) is 38.1 Å². The van der Waals surface area contributed by atoms with E-state index in [2.05, 4.69) is 10.4 Å². The first kappa shape index (κ1) is 15.4. The molecule has 0 saturated carbocycles. The van der Waals surface area contributed by atoms with Crippen molar-refractivity contribution in [3.8, 4) is 22.7 Å². The van der Waals surface area contributed by atoms with Crippen LogP contribution in [0.25, 0.3) is 16.9 Å². The molecule has 1 aromatic heterocycles. The summed E-state index contributed by atoms with van der Waals surface area (Å²) in [6.45, 7) is 3.78. The second-order valence-electron chi connectivity index (χ2n) is 6.06. The van der Waals surface area contributed by atoms with Gasteiger partial charge in [-0.15, -0.1) is 0 Å². The molecule has 0 atom stereocenters. The Kier molecular flexibility index (Phi) is 3.53. The lowest BCUT2D eigenvalue weighted by atomic mass is 10.1. The van der Waals surface area contributed by atoms with Crippen LogP contribution in [0.2, 0.25) is 0 Å². The quantitative estimate of drug-likeness (QED) is 0.777. The molecule has 1 aliphatic heterocycles. The predicted octanol–water partition coefficient (Wildman–Crippen LogP) is 3.63. The third kappa shape index (κ3) is 2.76. The fraction of sp³-hybridized carbons (Fsp3) is 0.158. The van der Waals surface area contributed by atoms with Gasteiger partial charge in [0, 0.05) is 5.56 Å². The zero-order chi connectivity index (χ0) is 17.6. The average Bonchev–Trinajstić information content (AvgIpc) is 2.95. The van der Waals surface area contributed by atoms with Gasteiger partial charge in [-0.05, 0) is 61.9 Å². The summed E-state index contributed by atoms with van der Waals surface area (Å²) in [6.07, 6.45) is 0. The van der Waals surface area contributed by atoms with Gasteiger partial charge in [0.05, 0.1) is 22.8 Å². The van der Waals surface area contributed by atoms with Crippen LogP contribution in [0.15, 0.2) is 42.5 Å². The van der Waals surface area contributed by atoms with E-state index in [0.29, 0.717) is 11.4 Å². The number of nitrogens with zero attached hydrogens (tertiary/aromatic N) is 2. The summed E-state index contributed by atoms with van der Waals surface area (Å²) >= 11 is 0. The highest BCUT2D eigenvalue weighted by atomic mass is 19.1. The number of anilines is 1. The third-order valence-electron chi connectivity index (χ3n) is 4.13. The van der Waals surface area contributed by atoms with Gasteiger partial charge in [-0.2, -0.15) is 5.10 Å². The predicted molar refractivity (Wildman–Crippen MR) is 92.6 cm³/mol. The van der Waals surface area contributed by atoms with E-state index >= 15 is 0 Å². The van der Waals surface area contributed by atoms with Crippen LogP contribution in [0.3, 0.4) is 0 Å². The summed E-state index contributed by atoms with van der Waals surface area (Å²) in [4.78, 5) is 11.6. The molecule has 0 aliphatic carbocycles. The summed E-state index contributed by atoms with van der Waals surface area (Å²) in [7, 11) is 0. The van der Waals surface area contributed by atoms with Crippen molar-refractivity contribution in [2.45, 2.75) is 13.8 Å². The van der Waals surface area contributed by atoms with Gasteiger partial charge in [-0.25, -0.2) is 9.07 Å². The van der Waals surface area contributed by atoms with Crippen LogP contribution < -0.4 is 10.1 Å². The molecule has 1 amide bonds. The van der Waals surface area contributed by atoms with E-state index in [4.69, 9.17) is 4.74 Å². The summed E-state index contributed by atoms with van der Waals surface area (Å²) in [6, 6.07) is 12.2. The Morgan fingerprint density at radius 2 is 2.00 bits per heavy atom. The molecule has 25 heavy (non-hydrogen) atoms. The number of rotatable bonds is 2. The number of aromatic nitrogens is 2. The van der Waals surface area contributed by atoms with E-state index in [9.17, 15) is 9.18 Å². The maximum Gasteiger partial charge on any atom is 0.262 e. The van der Waals surface area contributed by atoms with Crippen LogP contribution in [-0.2, 0) is 4.79 Å². The topological polar surface area (TPSA) is 56.1 Å². The Morgan fingerprint density at radius 3 is 2.80 bits per heavy atom. The van der Waals surface area contributed by atoms with E-state index in [1.165, 1.54) is 12.1 Å². The first-order chi connectivity index (χ1) is 12.0. The number of hydrogen-bond acceptors (Lipinski definition) is 3. The lowest BCUT2D eigenvalue weighted by Crippen LogP contribution is -2.25. The largest absolute Gasteiger partial charge is 0.482 e. The molecule has 2 aromatic carbocycles. The number of fused-ring (bicyclic) bond motifs is 1. The molecule has 126 valence electrons. The highest BCUT2D eigenvalue weighted by Crippen LogP contribution is 2.34. The molecule has 6 heteroatoms. The number of benzene rings is 2. The normalized spacial score (nSPS) is 13.2.